The Morgan fingerprint density at radius 2 is 1.88 bits per heavy atom. The van der Waals surface area contributed by atoms with Crippen LogP contribution in [0.1, 0.15) is 18.9 Å². The minimum atomic E-state index is -1.17. The van der Waals surface area contributed by atoms with E-state index in [-0.39, 0.29) is 28.8 Å². The molecule has 0 spiro atoms. The van der Waals surface area contributed by atoms with Crippen LogP contribution in [-0.4, -0.2) is 14.5 Å². The van der Waals surface area contributed by atoms with Gasteiger partial charge < -0.3 is 11.5 Å². The molecule has 1 saturated carbocycles. The lowest BCUT2D eigenvalue weighted by Gasteiger charge is -2.12. The van der Waals surface area contributed by atoms with Gasteiger partial charge in [-0.15, -0.1) is 0 Å². The molecule has 2 heterocycles. The predicted octanol–water partition coefficient (Wildman–Crippen LogP) is 2.24. The molecule has 1 aromatic carbocycles. The van der Waals surface area contributed by atoms with Gasteiger partial charge in [-0.1, -0.05) is 0 Å². The van der Waals surface area contributed by atoms with Crippen LogP contribution in [0.3, 0.4) is 0 Å². The van der Waals surface area contributed by atoms with Crippen LogP contribution >= 0.6 is 0 Å². The summed E-state index contributed by atoms with van der Waals surface area (Å²) in [5.41, 5.74) is 10.5. The summed E-state index contributed by atoms with van der Waals surface area (Å²) in [6.45, 7) is 0. The third-order valence-corrected chi connectivity index (χ3v) is 4.11. The maximum atomic E-state index is 14.3. The summed E-state index contributed by atoms with van der Waals surface area (Å²) < 4.78 is 29.6. The second-order valence-corrected chi connectivity index (χ2v) is 5.80. The van der Waals surface area contributed by atoms with Crippen molar-refractivity contribution < 1.29 is 8.78 Å². The molecule has 0 saturated heterocycles. The summed E-state index contributed by atoms with van der Waals surface area (Å²) in [6.07, 6.45) is 3.10. The first-order chi connectivity index (χ1) is 11.5. The number of nitrogens with two attached hydrogens (primary N) is 2. The van der Waals surface area contributed by atoms with Crippen molar-refractivity contribution in [2.75, 3.05) is 11.5 Å². The summed E-state index contributed by atoms with van der Waals surface area (Å²) >= 11 is 0. The van der Waals surface area contributed by atoms with E-state index < -0.39 is 17.2 Å². The van der Waals surface area contributed by atoms with E-state index in [9.17, 15) is 13.6 Å². The van der Waals surface area contributed by atoms with Crippen LogP contribution in [-0.2, 0) is 0 Å². The average Bonchev–Trinajstić information content (AvgIpc) is 3.37. The van der Waals surface area contributed by atoms with Gasteiger partial charge in [0.05, 0.1) is 11.3 Å². The van der Waals surface area contributed by atoms with Gasteiger partial charge in [0.2, 0.25) is 5.95 Å². The lowest BCUT2D eigenvalue weighted by atomic mass is 10.0. The topological polar surface area (TPSA) is 99.8 Å². The van der Waals surface area contributed by atoms with E-state index in [1.165, 1.54) is 29.0 Å². The molecule has 3 aromatic rings. The molecule has 0 radical (unpaired) electrons. The van der Waals surface area contributed by atoms with E-state index in [1.54, 1.807) is 0 Å². The van der Waals surface area contributed by atoms with Crippen LogP contribution in [0.25, 0.3) is 22.2 Å². The SMILES string of the molecule is Nc1ncc2cc(-c3ccc(N)c(F)c3F)c(=O)n(C3CC3)c2n1. The highest BCUT2D eigenvalue weighted by atomic mass is 19.2. The number of hydrogen-bond acceptors (Lipinski definition) is 5. The fraction of sp³-hybridized carbons (Fsp3) is 0.188. The number of aromatic nitrogens is 3. The maximum absolute atomic E-state index is 14.3. The zero-order valence-electron chi connectivity index (χ0n) is 12.5. The van der Waals surface area contributed by atoms with Crippen LogP contribution in [0.4, 0.5) is 20.4 Å². The first-order valence-electron chi connectivity index (χ1n) is 7.39. The Morgan fingerprint density at radius 3 is 2.58 bits per heavy atom. The Morgan fingerprint density at radius 1 is 1.12 bits per heavy atom. The van der Waals surface area contributed by atoms with E-state index in [2.05, 4.69) is 9.97 Å². The van der Waals surface area contributed by atoms with Crippen molar-refractivity contribution >= 4 is 22.7 Å². The van der Waals surface area contributed by atoms with Gasteiger partial charge in [-0.3, -0.25) is 9.36 Å². The first-order valence-corrected chi connectivity index (χ1v) is 7.39. The molecular weight excluding hydrogens is 316 g/mol. The lowest BCUT2D eigenvalue weighted by Crippen LogP contribution is -2.23. The number of fused-ring (bicyclic) bond motifs is 1. The normalized spacial score (nSPS) is 14.2. The Labute approximate surface area is 134 Å². The summed E-state index contributed by atoms with van der Waals surface area (Å²) in [5.74, 6) is -2.27. The molecule has 1 aliphatic rings. The van der Waals surface area contributed by atoms with Crippen molar-refractivity contribution in [3.05, 3.63) is 46.4 Å². The molecule has 8 heteroatoms. The van der Waals surface area contributed by atoms with Crippen molar-refractivity contribution in [3.63, 3.8) is 0 Å². The summed E-state index contributed by atoms with van der Waals surface area (Å²) in [7, 11) is 0. The van der Waals surface area contributed by atoms with Crippen molar-refractivity contribution in [1.29, 1.82) is 0 Å². The predicted molar refractivity (Wildman–Crippen MR) is 86.2 cm³/mol. The third-order valence-electron chi connectivity index (χ3n) is 4.11. The summed E-state index contributed by atoms with van der Waals surface area (Å²) in [4.78, 5) is 20.9. The summed E-state index contributed by atoms with van der Waals surface area (Å²) in [6, 6.07) is 3.96. The minimum Gasteiger partial charge on any atom is -0.396 e. The zero-order valence-corrected chi connectivity index (χ0v) is 12.5. The number of rotatable bonds is 2. The van der Waals surface area contributed by atoms with Crippen LogP contribution in [0.15, 0.2) is 29.2 Å². The van der Waals surface area contributed by atoms with Crippen LogP contribution in [0, 0.1) is 11.6 Å². The smallest absolute Gasteiger partial charge is 0.260 e. The number of nitrogens with zero attached hydrogens (tertiary/aromatic N) is 3. The standard InChI is InChI=1S/C16H13F2N5O/c17-12-9(3-4-11(19)13(12)18)10-5-7-6-21-16(20)22-14(7)23(15(10)24)8-1-2-8/h3-6,8H,1-2,19H2,(H2,20,21,22). The summed E-state index contributed by atoms with van der Waals surface area (Å²) in [5, 5.41) is 0.530. The quantitative estimate of drug-likeness (QED) is 0.702. The molecule has 2 aromatic heterocycles. The van der Waals surface area contributed by atoms with E-state index in [0.717, 1.165) is 12.8 Å². The van der Waals surface area contributed by atoms with E-state index in [4.69, 9.17) is 11.5 Å². The van der Waals surface area contributed by atoms with E-state index in [1.807, 2.05) is 0 Å². The van der Waals surface area contributed by atoms with Crippen LogP contribution in [0.2, 0.25) is 0 Å². The average molecular weight is 329 g/mol. The molecule has 0 bridgehead atoms. The van der Waals surface area contributed by atoms with Gasteiger partial charge in [0, 0.05) is 23.2 Å². The van der Waals surface area contributed by atoms with Crippen LogP contribution < -0.4 is 17.0 Å². The minimum absolute atomic E-state index is 0.0176. The molecule has 0 atom stereocenters. The Kier molecular flexibility index (Phi) is 3.02. The van der Waals surface area contributed by atoms with Gasteiger partial charge in [0.1, 0.15) is 5.65 Å². The van der Waals surface area contributed by atoms with Gasteiger partial charge in [-0.25, -0.2) is 13.8 Å². The van der Waals surface area contributed by atoms with Gasteiger partial charge >= 0.3 is 0 Å². The highest BCUT2D eigenvalue weighted by molar-refractivity contribution is 5.82. The largest absolute Gasteiger partial charge is 0.396 e. The second-order valence-electron chi connectivity index (χ2n) is 5.80. The molecule has 1 fully saturated rings. The van der Waals surface area contributed by atoms with Crippen molar-refractivity contribution in [2.45, 2.75) is 18.9 Å². The monoisotopic (exact) mass is 329 g/mol. The number of halogens is 2. The van der Waals surface area contributed by atoms with Crippen molar-refractivity contribution in [3.8, 4) is 11.1 Å². The maximum Gasteiger partial charge on any atom is 0.260 e. The van der Waals surface area contributed by atoms with Gasteiger partial charge in [0.25, 0.3) is 5.56 Å². The molecule has 122 valence electrons. The molecule has 0 amide bonds. The van der Waals surface area contributed by atoms with Gasteiger partial charge in [0.15, 0.2) is 11.6 Å². The number of hydrogen-bond donors (Lipinski definition) is 2. The molecular formula is C16H13F2N5O. The first kappa shape index (κ1) is 14.6. The highest BCUT2D eigenvalue weighted by Crippen LogP contribution is 2.36. The van der Waals surface area contributed by atoms with E-state index in [0.29, 0.717) is 11.0 Å². The lowest BCUT2D eigenvalue weighted by molar-refractivity contribution is 0.514. The molecule has 4 rings (SSSR count). The molecule has 1 aliphatic carbocycles. The zero-order chi connectivity index (χ0) is 17.0. The van der Waals surface area contributed by atoms with Crippen LogP contribution in [0.5, 0.6) is 0 Å². The molecule has 0 aliphatic heterocycles. The third kappa shape index (κ3) is 2.10. The molecule has 24 heavy (non-hydrogen) atoms. The Bertz CT molecular complexity index is 1040. The van der Waals surface area contributed by atoms with E-state index >= 15 is 0 Å². The van der Waals surface area contributed by atoms with Crippen molar-refractivity contribution in [2.24, 2.45) is 0 Å². The Hall–Kier alpha value is -3.03. The fourth-order valence-corrected chi connectivity index (χ4v) is 2.77. The molecule has 0 unspecified atom stereocenters. The number of anilines is 2. The van der Waals surface area contributed by atoms with Gasteiger partial charge in [-0.05, 0) is 31.0 Å². The van der Waals surface area contributed by atoms with Crippen molar-refractivity contribution in [1.82, 2.24) is 14.5 Å². The second kappa shape index (κ2) is 4.98. The highest BCUT2D eigenvalue weighted by Gasteiger charge is 2.29. The Balaban J connectivity index is 2.07. The number of nitrogen functional groups attached to an aromatic ring is 2. The number of benzene rings is 1. The molecule has 4 N–H and O–H groups in total. The number of pyridine rings is 1. The fourth-order valence-electron chi connectivity index (χ4n) is 2.77. The molecule has 6 nitrogen and oxygen atoms in total. The van der Waals surface area contributed by atoms with Gasteiger partial charge in [-0.2, -0.15) is 4.98 Å².